The maximum atomic E-state index is 9.34. The molecule has 0 saturated carbocycles. The van der Waals surface area contributed by atoms with Crippen LogP contribution in [0, 0.1) is 17.2 Å². The van der Waals surface area contributed by atoms with E-state index in [1.54, 1.807) is 0 Å². The number of fused-ring (bicyclic) bond motifs is 1. The molecule has 0 radical (unpaired) electrons. The summed E-state index contributed by atoms with van der Waals surface area (Å²) in [6, 6.07) is 4.24. The zero-order chi connectivity index (χ0) is 15.9. The molecule has 2 aliphatic heterocycles. The maximum Gasteiger partial charge on any atom is 0.141 e. The van der Waals surface area contributed by atoms with E-state index < -0.39 is 0 Å². The number of piperidine rings is 1. The average molecular weight is 298 g/mol. The molecule has 2 aliphatic rings. The minimum atomic E-state index is 0.0148. The number of nitriles is 1. The van der Waals surface area contributed by atoms with E-state index in [0.717, 1.165) is 37.8 Å². The predicted octanol–water partition coefficient (Wildman–Crippen LogP) is 2.91. The summed E-state index contributed by atoms with van der Waals surface area (Å²) in [5.41, 5.74) is 4.18. The molecule has 1 aromatic heterocycles. The molecule has 1 saturated heterocycles. The van der Waals surface area contributed by atoms with Crippen LogP contribution in [0.1, 0.15) is 50.6 Å². The Bertz CT molecular complexity index is 614. The van der Waals surface area contributed by atoms with Crippen molar-refractivity contribution < 1.29 is 0 Å². The smallest absolute Gasteiger partial charge is 0.141 e. The Labute approximate surface area is 133 Å². The van der Waals surface area contributed by atoms with Crippen LogP contribution < -0.4 is 4.90 Å². The summed E-state index contributed by atoms with van der Waals surface area (Å²) in [7, 11) is 2.14. The molecular formula is C18H26N4. The fourth-order valence-electron chi connectivity index (χ4n) is 4.08. The van der Waals surface area contributed by atoms with Crippen molar-refractivity contribution in [3.05, 3.63) is 23.0 Å². The van der Waals surface area contributed by atoms with Crippen LogP contribution in [0.25, 0.3) is 0 Å². The van der Waals surface area contributed by atoms with Gasteiger partial charge in [-0.2, -0.15) is 5.26 Å². The number of hydrogen-bond donors (Lipinski definition) is 0. The van der Waals surface area contributed by atoms with Crippen LogP contribution in [0.2, 0.25) is 0 Å². The number of pyridine rings is 1. The van der Waals surface area contributed by atoms with Crippen LogP contribution in [-0.2, 0) is 12.0 Å². The monoisotopic (exact) mass is 298 g/mol. The summed E-state index contributed by atoms with van der Waals surface area (Å²) >= 11 is 0. The van der Waals surface area contributed by atoms with Gasteiger partial charge in [-0.05, 0) is 36.9 Å². The Hall–Kier alpha value is -1.60. The van der Waals surface area contributed by atoms with E-state index >= 15 is 0 Å². The fraction of sp³-hybridized carbons (Fsp3) is 0.667. The van der Waals surface area contributed by atoms with Crippen LogP contribution in [0.3, 0.4) is 0 Å². The summed E-state index contributed by atoms with van der Waals surface area (Å²) in [4.78, 5) is 9.47. The largest absolute Gasteiger partial charge is 0.372 e. The second kappa shape index (κ2) is 5.55. The second-order valence-electron chi connectivity index (χ2n) is 7.70. The molecule has 0 aromatic carbocycles. The average Bonchev–Trinajstić information content (AvgIpc) is 2.68. The molecule has 3 rings (SSSR count). The van der Waals surface area contributed by atoms with Gasteiger partial charge in [-0.1, -0.05) is 20.8 Å². The van der Waals surface area contributed by atoms with Crippen molar-refractivity contribution in [3.8, 4) is 6.07 Å². The van der Waals surface area contributed by atoms with Crippen LogP contribution in [0.5, 0.6) is 0 Å². The molecule has 4 heteroatoms. The van der Waals surface area contributed by atoms with Gasteiger partial charge in [-0.25, -0.2) is 4.98 Å². The van der Waals surface area contributed by atoms with Crippen molar-refractivity contribution in [1.82, 2.24) is 9.88 Å². The van der Waals surface area contributed by atoms with Gasteiger partial charge in [0.15, 0.2) is 0 Å². The van der Waals surface area contributed by atoms with Gasteiger partial charge in [0.1, 0.15) is 11.8 Å². The first-order chi connectivity index (χ1) is 10.4. The highest BCUT2D eigenvalue weighted by atomic mass is 15.2. The maximum absolute atomic E-state index is 9.34. The van der Waals surface area contributed by atoms with E-state index in [1.165, 1.54) is 24.1 Å². The topological polar surface area (TPSA) is 43.2 Å². The fourth-order valence-corrected chi connectivity index (χ4v) is 4.08. The van der Waals surface area contributed by atoms with E-state index in [4.69, 9.17) is 0 Å². The molecule has 0 bridgehead atoms. The molecular weight excluding hydrogens is 272 g/mol. The number of nitrogens with zero attached hydrogens (tertiary/aromatic N) is 4. The molecule has 0 spiro atoms. The lowest BCUT2D eigenvalue weighted by atomic mass is 9.90. The van der Waals surface area contributed by atoms with Crippen LogP contribution in [0.4, 0.5) is 5.69 Å². The third-order valence-corrected chi connectivity index (χ3v) is 4.98. The van der Waals surface area contributed by atoms with E-state index in [1.807, 2.05) is 6.07 Å². The lowest BCUT2D eigenvalue weighted by Gasteiger charge is -2.31. The van der Waals surface area contributed by atoms with Crippen molar-refractivity contribution in [3.63, 3.8) is 0 Å². The van der Waals surface area contributed by atoms with Gasteiger partial charge in [0.05, 0.1) is 11.4 Å². The van der Waals surface area contributed by atoms with Crippen LogP contribution in [0.15, 0.2) is 6.07 Å². The summed E-state index contributed by atoms with van der Waals surface area (Å²) in [6.07, 6.45) is 2.61. The van der Waals surface area contributed by atoms with Gasteiger partial charge in [-0.3, -0.25) is 4.90 Å². The number of likely N-dealkylation sites (tertiary alicyclic amines) is 1. The first kappa shape index (κ1) is 15.3. The van der Waals surface area contributed by atoms with Gasteiger partial charge in [-0.15, -0.1) is 0 Å². The molecule has 0 N–H and O–H groups in total. The van der Waals surface area contributed by atoms with E-state index in [2.05, 4.69) is 48.7 Å². The molecule has 0 amide bonds. The third-order valence-electron chi connectivity index (χ3n) is 4.98. The van der Waals surface area contributed by atoms with E-state index in [-0.39, 0.29) is 5.41 Å². The Morgan fingerprint density at radius 3 is 2.91 bits per heavy atom. The lowest BCUT2D eigenvalue weighted by Crippen LogP contribution is -2.34. The highest BCUT2D eigenvalue weighted by molar-refractivity contribution is 5.65. The number of likely N-dealkylation sites (N-methyl/N-ethyl adjacent to an activating group) is 1. The summed E-state index contributed by atoms with van der Waals surface area (Å²) in [5, 5.41) is 9.34. The van der Waals surface area contributed by atoms with E-state index in [9.17, 15) is 5.26 Å². The van der Waals surface area contributed by atoms with Gasteiger partial charge < -0.3 is 4.90 Å². The standard InChI is InChI=1S/C18H26N4/c1-13-6-5-7-22(10-13)11-14-8-15(9-19)20-17-16(14)21(4)12-18(17,2)3/h8,13H,5-7,10-12H2,1-4H3/t13-/m0/s1. The molecule has 4 nitrogen and oxygen atoms in total. The normalized spacial score (nSPS) is 24.1. The molecule has 118 valence electrons. The molecule has 1 fully saturated rings. The molecule has 1 atom stereocenters. The first-order valence-corrected chi connectivity index (χ1v) is 8.28. The van der Waals surface area contributed by atoms with Crippen molar-refractivity contribution in [2.75, 3.05) is 31.6 Å². The summed E-state index contributed by atoms with van der Waals surface area (Å²) in [5.74, 6) is 0.772. The quantitative estimate of drug-likeness (QED) is 0.842. The lowest BCUT2D eigenvalue weighted by molar-refractivity contribution is 0.177. The van der Waals surface area contributed by atoms with Gasteiger partial charge in [0.2, 0.25) is 0 Å². The minimum absolute atomic E-state index is 0.0148. The Kier molecular flexibility index (Phi) is 3.86. The second-order valence-corrected chi connectivity index (χ2v) is 7.70. The SMILES string of the molecule is C[C@H]1CCCN(Cc2cc(C#N)nc3c2N(C)CC3(C)C)C1. The van der Waals surface area contributed by atoms with Gasteiger partial charge in [0.25, 0.3) is 0 Å². The van der Waals surface area contributed by atoms with Crippen molar-refractivity contribution in [2.24, 2.45) is 5.92 Å². The zero-order valence-electron chi connectivity index (χ0n) is 14.2. The number of anilines is 1. The highest BCUT2D eigenvalue weighted by Crippen LogP contribution is 2.41. The number of hydrogen-bond acceptors (Lipinski definition) is 4. The minimum Gasteiger partial charge on any atom is -0.372 e. The van der Waals surface area contributed by atoms with E-state index in [0.29, 0.717) is 5.69 Å². The molecule has 0 aliphatic carbocycles. The molecule has 1 aromatic rings. The summed E-state index contributed by atoms with van der Waals surface area (Å²) < 4.78 is 0. The Morgan fingerprint density at radius 1 is 1.45 bits per heavy atom. The van der Waals surface area contributed by atoms with Gasteiger partial charge in [0, 0.05) is 32.1 Å². The zero-order valence-corrected chi connectivity index (χ0v) is 14.2. The predicted molar refractivity (Wildman–Crippen MR) is 88.9 cm³/mol. The van der Waals surface area contributed by atoms with Gasteiger partial charge >= 0.3 is 0 Å². The van der Waals surface area contributed by atoms with Crippen LogP contribution >= 0.6 is 0 Å². The number of aromatic nitrogens is 1. The Balaban J connectivity index is 1.97. The molecule has 3 heterocycles. The third kappa shape index (κ3) is 2.70. The van der Waals surface area contributed by atoms with Crippen LogP contribution in [-0.4, -0.2) is 36.6 Å². The molecule has 0 unspecified atom stereocenters. The van der Waals surface area contributed by atoms with Crippen molar-refractivity contribution >= 4 is 5.69 Å². The van der Waals surface area contributed by atoms with Crippen molar-refractivity contribution in [2.45, 2.75) is 45.6 Å². The Morgan fingerprint density at radius 2 is 2.23 bits per heavy atom. The molecule has 22 heavy (non-hydrogen) atoms. The van der Waals surface area contributed by atoms with Crippen molar-refractivity contribution in [1.29, 1.82) is 5.26 Å². The summed E-state index contributed by atoms with van der Waals surface area (Å²) in [6.45, 7) is 11.0. The highest BCUT2D eigenvalue weighted by Gasteiger charge is 2.37. The number of rotatable bonds is 2. The first-order valence-electron chi connectivity index (χ1n) is 8.28.